The van der Waals surface area contributed by atoms with Crippen LogP contribution in [0.15, 0.2) is 0 Å². The Labute approximate surface area is 157 Å². The van der Waals surface area contributed by atoms with Crippen LogP contribution < -0.4 is 5.32 Å². The molecule has 0 radical (unpaired) electrons. The van der Waals surface area contributed by atoms with Gasteiger partial charge in [-0.1, -0.05) is 0 Å². The van der Waals surface area contributed by atoms with Crippen molar-refractivity contribution in [1.82, 2.24) is 4.90 Å². The van der Waals surface area contributed by atoms with Crippen LogP contribution in [0.4, 0.5) is 5.00 Å². The van der Waals surface area contributed by atoms with Crippen molar-refractivity contribution < 1.29 is 23.9 Å². The van der Waals surface area contributed by atoms with Crippen molar-refractivity contribution in [3.8, 4) is 0 Å². The molecule has 0 aliphatic carbocycles. The number of Topliss-reactive ketones (excluding diaryl/α,β-unsaturated/α-hetero) is 1. The van der Waals surface area contributed by atoms with Crippen LogP contribution in [-0.4, -0.2) is 61.0 Å². The number of amides is 1. The number of rotatable bonds is 6. The predicted octanol–water partition coefficient (Wildman–Crippen LogP) is 2.48. The molecule has 0 spiro atoms. The van der Waals surface area contributed by atoms with E-state index in [1.807, 2.05) is 18.7 Å². The van der Waals surface area contributed by atoms with Gasteiger partial charge in [-0.3, -0.25) is 14.5 Å². The number of ketones is 1. The molecule has 8 heteroatoms. The van der Waals surface area contributed by atoms with Gasteiger partial charge >= 0.3 is 5.97 Å². The molecule has 2 atom stereocenters. The van der Waals surface area contributed by atoms with E-state index in [1.54, 1.807) is 13.8 Å². The second kappa shape index (κ2) is 8.75. The van der Waals surface area contributed by atoms with Gasteiger partial charge in [-0.2, -0.15) is 0 Å². The van der Waals surface area contributed by atoms with Crippen molar-refractivity contribution >= 4 is 34.0 Å². The van der Waals surface area contributed by atoms with E-state index in [9.17, 15) is 14.4 Å². The van der Waals surface area contributed by atoms with Gasteiger partial charge < -0.3 is 14.8 Å². The van der Waals surface area contributed by atoms with Gasteiger partial charge in [0.1, 0.15) is 5.00 Å². The Morgan fingerprint density at radius 2 is 1.88 bits per heavy atom. The van der Waals surface area contributed by atoms with Crippen LogP contribution in [0.25, 0.3) is 0 Å². The normalized spacial score (nSPS) is 20.7. The van der Waals surface area contributed by atoms with Crippen LogP contribution >= 0.6 is 11.3 Å². The zero-order valence-corrected chi connectivity index (χ0v) is 16.7. The highest BCUT2D eigenvalue weighted by Gasteiger charge is 2.27. The number of anilines is 1. The number of carbonyl (C=O) groups excluding carboxylic acids is 3. The Morgan fingerprint density at radius 3 is 2.42 bits per heavy atom. The van der Waals surface area contributed by atoms with Gasteiger partial charge in [0.25, 0.3) is 0 Å². The summed E-state index contributed by atoms with van der Waals surface area (Å²) in [6.07, 6.45) is 0.130. The summed E-state index contributed by atoms with van der Waals surface area (Å²) < 4.78 is 10.7. The maximum absolute atomic E-state index is 12.5. The van der Waals surface area contributed by atoms with E-state index in [4.69, 9.17) is 9.47 Å². The van der Waals surface area contributed by atoms with Crippen molar-refractivity contribution in [1.29, 1.82) is 0 Å². The lowest BCUT2D eigenvalue weighted by molar-refractivity contribution is -0.121. The van der Waals surface area contributed by atoms with E-state index in [-0.39, 0.29) is 42.6 Å². The maximum atomic E-state index is 12.5. The van der Waals surface area contributed by atoms with Crippen molar-refractivity contribution in [2.75, 3.05) is 31.6 Å². The molecule has 2 heterocycles. The van der Waals surface area contributed by atoms with Crippen LogP contribution in [0.3, 0.4) is 0 Å². The minimum atomic E-state index is -0.530. The molecule has 1 aromatic rings. The second-order valence-corrected chi connectivity index (χ2v) is 7.56. The lowest BCUT2D eigenvalue weighted by Gasteiger charge is -2.34. The van der Waals surface area contributed by atoms with Gasteiger partial charge in [0, 0.05) is 13.1 Å². The summed E-state index contributed by atoms with van der Waals surface area (Å²) in [5, 5.41) is 3.15. The summed E-state index contributed by atoms with van der Waals surface area (Å²) in [5.74, 6) is -0.903. The van der Waals surface area contributed by atoms with Gasteiger partial charge in [-0.15, -0.1) is 11.3 Å². The molecule has 144 valence electrons. The first-order valence-electron chi connectivity index (χ1n) is 8.72. The molecule has 0 aromatic carbocycles. The number of hydrogen-bond acceptors (Lipinski definition) is 7. The van der Waals surface area contributed by atoms with Crippen molar-refractivity contribution in [2.24, 2.45) is 0 Å². The van der Waals surface area contributed by atoms with Crippen molar-refractivity contribution in [3.63, 3.8) is 0 Å². The largest absolute Gasteiger partial charge is 0.462 e. The van der Waals surface area contributed by atoms with Gasteiger partial charge in [-0.05, 0) is 40.2 Å². The zero-order chi connectivity index (χ0) is 19.4. The molecule has 1 aliphatic rings. The van der Waals surface area contributed by atoms with Crippen LogP contribution in [-0.2, 0) is 14.3 Å². The standard InChI is InChI=1S/C18H26N2O5S/c1-6-24-18(23)15-12(4)16(13(5)21)26-17(15)19-14(22)9-20-7-10(2)25-11(3)8-20/h10-11H,6-9H2,1-5H3,(H,19,22)/t10-,11+. The molecule has 0 saturated carbocycles. The third-order valence-corrected chi connectivity index (χ3v) is 5.37. The first kappa shape index (κ1) is 20.5. The lowest BCUT2D eigenvalue weighted by Crippen LogP contribution is -2.48. The molecule has 1 aliphatic heterocycles. The topological polar surface area (TPSA) is 84.9 Å². The van der Waals surface area contributed by atoms with Crippen molar-refractivity contribution in [2.45, 2.75) is 46.8 Å². The third-order valence-electron chi connectivity index (χ3n) is 4.06. The van der Waals surface area contributed by atoms with Crippen LogP contribution in [0, 0.1) is 6.92 Å². The Morgan fingerprint density at radius 1 is 1.27 bits per heavy atom. The lowest BCUT2D eigenvalue weighted by atomic mass is 10.1. The van der Waals surface area contributed by atoms with E-state index in [0.717, 1.165) is 11.3 Å². The highest BCUT2D eigenvalue weighted by molar-refractivity contribution is 7.18. The molecule has 1 fully saturated rings. The van der Waals surface area contributed by atoms with E-state index < -0.39 is 5.97 Å². The SMILES string of the molecule is CCOC(=O)c1c(NC(=O)CN2C[C@@H](C)O[C@@H](C)C2)sc(C(C)=O)c1C. The highest BCUT2D eigenvalue weighted by atomic mass is 32.1. The fourth-order valence-electron chi connectivity index (χ4n) is 3.17. The minimum Gasteiger partial charge on any atom is -0.462 e. The average Bonchev–Trinajstić information content (AvgIpc) is 2.82. The van der Waals surface area contributed by atoms with E-state index in [1.165, 1.54) is 6.92 Å². The van der Waals surface area contributed by atoms with Gasteiger partial charge in [-0.25, -0.2) is 4.79 Å². The van der Waals surface area contributed by atoms with Crippen LogP contribution in [0.1, 0.15) is 53.3 Å². The Hall–Kier alpha value is -1.77. The molecule has 0 bridgehead atoms. The number of nitrogens with one attached hydrogen (secondary N) is 1. The molecule has 1 aromatic heterocycles. The number of ether oxygens (including phenoxy) is 2. The molecule has 2 rings (SSSR count). The highest BCUT2D eigenvalue weighted by Crippen LogP contribution is 2.34. The summed E-state index contributed by atoms with van der Waals surface area (Å²) >= 11 is 1.11. The van der Waals surface area contributed by atoms with Gasteiger partial charge in [0.05, 0.1) is 35.8 Å². The summed E-state index contributed by atoms with van der Waals surface area (Å²) in [6, 6.07) is 0. The quantitative estimate of drug-likeness (QED) is 0.601. The molecular formula is C18H26N2O5S. The molecule has 0 unspecified atom stereocenters. The monoisotopic (exact) mass is 382 g/mol. The molecule has 26 heavy (non-hydrogen) atoms. The molecule has 1 saturated heterocycles. The Kier molecular flexibility index (Phi) is 6.91. The summed E-state index contributed by atoms with van der Waals surface area (Å²) in [7, 11) is 0. The van der Waals surface area contributed by atoms with E-state index >= 15 is 0 Å². The Balaban J connectivity index is 2.16. The van der Waals surface area contributed by atoms with E-state index in [2.05, 4.69) is 5.32 Å². The Bertz CT molecular complexity index is 690. The summed E-state index contributed by atoms with van der Waals surface area (Å²) in [4.78, 5) is 39.1. The first-order chi connectivity index (χ1) is 12.2. The maximum Gasteiger partial charge on any atom is 0.341 e. The third kappa shape index (κ3) is 4.90. The van der Waals surface area contributed by atoms with Crippen LogP contribution in [0.2, 0.25) is 0 Å². The van der Waals surface area contributed by atoms with E-state index in [0.29, 0.717) is 28.5 Å². The van der Waals surface area contributed by atoms with Crippen LogP contribution in [0.5, 0.6) is 0 Å². The number of esters is 1. The molecular weight excluding hydrogens is 356 g/mol. The summed E-state index contributed by atoms with van der Waals surface area (Å²) in [5.41, 5.74) is 0.809. The number of thiophene rings is 1. The molecule has 1 N–H and O–H groups in total. The number of morpholine rings is 1. The summed E-state index contributed by atoms with van der Waals surface area (Å²) in [6.45, 7) is 10.6. The number of nitrogens with zero attached hydrogens (tertiary/aromatic N) is 1. The fraction of sp³-hybridized carbons (Fsp3) is 0.611. The average molecular weight is 382 g/mol. The fourth-order valence-corrected chi connectivity index (χ4v) is 4.28. The molecule has 7 nitrogen and oxygen atoms in total. The smallest absolute Gasteiger partial charge is 0.341 e. The van der Waals surface area contributed by atoms with Crippen molar-refractivity contribution in [3.05, 3.63) is 16.0 Å². The minimum absolute atomic E-state index is 0.0648. The first-order valence-corrected chi connectivity index (χ1v) is 9.53. The number of carbonyl (C=O) groups is 3. The zero-order valence-electron chi connectivity index (χ0n) is 15.9. The predicted molar refractivity (Wildman–Crippen MR) is 100 cm³/mol. The second-order valence-electron chi connectivity index (χ2n) is 6.54. The van der Waals surface area contributed by atoms with Gasteiger partial charge in [0.15, 0.2) is 5.78 Å². The molecule has 1 amide bonds. The van der Waals surface area contributed by atoms with Gasteiger partial charge in [0.2, 0.25) is 5.91 Å². The number of hydrogen-bond donors (Lipinski definition) is 1.